The van der Waals surface area contributed by atoms with Gasteiger partial charge in [-0.1, -0.05) is 36.4 Å². The van der Waals surface area contributed by atoms with Crippen molar-refractivity contribution in [1.82, 2.24) is 19.5 Å². The van der Waals surface area contributed by atoms with E-state index in [1.165, 1.54) is 0 Å². The zero-order valence-corrected chi connectivity index (χ0v) is 15.6. The summed E-state index contributed by atoms with van der Waals surface area (Å²) in [5.41, 5.74) is 5.88. The topological polar surface area (TPSA) is 43.6 Å². The first-order valence-electron chi connectivity index (χ1n) is 9.26. The lowest BCUT2D eigenvalue weighted by molar-refractivity contribution is 0.623. The van der Waals surface area contributed by atoms with Crippen LogP contribution < -0.4 is 0 Å². The Kier molecular flexibility index (Phi) is 3.47. The Morgan fingerprint density at radius 3 is 2.19 bits per heavy atom. The molecule has 0 radical (unpaired) electrons. The van der Waals surface area contributed by atoms with E-state index in [1.807, 2.05) is 19.1 Å². The van der Waals surface area contributed by atoms with Crippen molar-refractivity contribution in [3.63, 3.8) is 0 Å². The maximum absolute atomic E-state index is 5.01. The number of hydrogen-bond acceptors (Lipinski definition) is 3. The minimum absolute atomic E-state index is 0.290. The maximum atomic E-state index is 5.01. The Bertz CT molecular complexity index is 1310. The molecule has 0 atom stereocenters. The SMILES string of the molecule is Cc1ccc2ccc3ccc(-c4nc5ccccc5n4C(C)C)nc3c2n1. The van der Waals surface area contributed by atoms with Gasteiger partial charge in [-0.05, 0) is 45.0 Å². The van der Waals surface area contributed by atoms with Gasteiger partial charge < -0.3 is 4.57 Å². The number of hydrogen-bond donors (Lipinski definition) is 0. The Morgan fingerprint density at radius 2 is 1.41 bits per heavy atom. The molecule has 4 nitrogen and oxygen atoms in total. The predicted molar refractivity (Wildman–Crippen MR) is 111 cm³/mol. The Hall–Kier alpha value is -3.27. The smallest absolute Gasteiger partial charge is 0.160 e. The van der Waals surface area contributed by atoms with Crippen molar-refractivity contribution in [2.45, 2.75) is 26.8 Å². The molecule has 3 heterocycles. The van der Waals surface area contributed by atoms with E-state index in [9.17, 15) is 0 Å². The predicted octanol–water partition coefficient (Wildman–Crippen LogP) is 5.69. The first-order chi connectivity index (χ1) is 13.1. The standard InChI is InChI=1S/C23H20N4/c1-14(2)27-20-7-5-4-6-18(20)26-23(27)19-13-12-17-11-10-16-9-8-15(3)24-21(16)22(17)25-19/h4-14H,1-3H3. The molecule has 27 heavy (non-hydrogen) atoms. The first kappa shape index (κ1) is 15.9. The summed E-state index contributed by atoms with van der Waals surface area (Å²) in [4.78, 5) is 14.6. The third kappa shape index (κ3) is 2.48. The van der Waals surface area contributed by atoms with Gasteiger partial charge in [0.15, 0.2) is 5.82 Å². The van der Waals surface area contributed by atoms with E-state index in [4.69, 9.17) is 15.0 Å². The number of pyridine rings is 2. The normalized spacial score (nSPS) is 11.9. The molecule has 2 aromatic carbocycles. The van der Waals surface area contributed by atoms with Crippen LogP contribution in [0.15, 0.2) is 60.7 Å². The summed E-state index contributed by atoms with van der Waals surface area (Å²) >= 11 is 0. The number of imidazole rings is 1. The van der Waals surface area contributed by atoms with Crippen LogP contribution in [0, 0.1) is 6.92 Å². The van der Waals surface area contributed by atoms with E-state index >= 15 is 0 Å². The lowest BCUT2D eigenvalue weighted by Crippen LogP contribution is -2.04. The summed E-state index contributed by atoms with van der Waals surface area (Å²) < 4.78 is 2.26. The van der Waals surface area contributed by atoms with Gasteiger partial charge in [-0.3, -0.25) is 4.98 Å². The van der Waals surface area contributed by atoms with Gasteiger partial charge >= 0.3 is 0 Å². The summed E-state index contributed by atoms with van der Waals surface area (Å²) in [6.07, 6.45) is 0. The van der Waals surface area contributed by atoms with Crippen LogP contribution in [-0.2, 0) is 0 Å². The van der Waals surface area contributed by atoms with E-state index in [1.54, 1.807) is 0 Å². The molecule has 0 saturated carbocycles. The van der Waals surface area contributed by atoms with E-state index in [0.29, 0.717) is 0 Å². The van der Waals surface area contributed by atoms with Gasteiger partial charge in [0, 0.05) is 22.5 Å². The third-order valence-corrected chi connectivity index (χ3v) is 5.00. The van der Waals surface area contributed by atoms with Crippen molar-refractivity contribution < 1.29 is 0 Å². The molecule has 0 N–H and O–H groups in total. The molecular weight excluding hydrogens is 332 g/mol. The van der Waals surface area contributed by atoms with E-state index in [2.05, 4.69) is 66.9 Å². The summed E-state index contributed by atoms with van der Waals surface area (Å²) in [6.45, 7) is 6.37. The second-order valence-electron chi connectivity index (χ2n) is 7.25. The highest BCUT2D eigenvalue weighted by atomic mass is 15.1. The summed E-state index contributed by atoms with van der Waals surface area (Å²) in [6, 6.07) is 21.1. The number of benzene rings is 2. The zero-order valence-electron chi connectivity index (χ0n) is 15.6. The van der Waals surface area contributed by atoms with Gasteiger partial charge in [-0.25, -0.2) is 9.97 Å². The molecule has 132 valence electrons. The van der Waals surface area contributed by atoms with Gasteiger partial charge in [0.05, 0.1) is 22.1 Å². The van der Waals surface area contributed by atoms with Gasteiger partial charge in [0.2, 0.25) is 0 Å². The second-order valence-corrected chi connectivity index (χ2v) is 7.25. The minimum atomic E-state index is 0.290. The highest BCUT2D eigenvalue weighted by Crippen LogP contribution is 2.30. The monoisotopic (exact) mass is 352 g/mol. The lowest BCUT2D eigenvalue weighted by atomic mass is 10.1. The molecule has 5 rings (SSSR count). The van der Waals surface area contributed by atoms with Crippen molar-refractivity contribution in [3.8, 4) is 11.5 Å². The molecular formula is C23H20N4. The minimum Gasteiger partial charge on any atom is -0.320 e. The molecule has 0 bridgehead atoms. The summed E-state index contributed by atoms with van der Waals surface area (Å²) in [5, 5.41) is 2.20. The molecule has 0 aliphatic rings. The van der Waals surface area contributed by atoms with Crippen molar-refractivity contribution in [2.24, 2.45) is 0 Å². The largest absolute Gasteiger partial charge is 0.320 e. The number of aromatic nitrogens is 4. The van der Waals surface area contributed by atoms with Crippen molar-refractivity contribution in [1.29, 1.82) is 0 Å². The fourth-order valence-corrected chi connectivity index (χ4v) is 3.74. The van der Waals surface area contributed by atoms with Crippen LogP contribution in [-0.4, -0.2) is 19.5 Å². The Morgan fingerprint density at radius 1 is 0.741 bits per heavy atom. The molecule has 0 fully saturated rings. The highest BCUT2D eigenvalue weighted by molar-refractivity contribution is 6.03. The van der Waals surface area contributed by atoms with Gasteiger partial charge in [-0.15, -0.1) is 0 Å². The maximum Gasteiger partial charge on any atom is 0.160 e. The fraction of sp³-hybridized carbons (Fsp3) is 0.174. The lowest BCUT2D eigenvalue weighted by Gasteiger charge is -2.13. The third-order valence-electron chi connectivity index (χ3n) is 5.00. The van der Waals surface area contributed by atoms with E-state index < -0.39 is 0 Å². The van der Waals surface area contributed by atoms with Crippen LogP contribution in [0.2, 0.25) is 0 Å². The van der Waals surface area contributed by atoms with Gasteiger partial charge in [0.1, 0.15) is 5.69 Å². The molecule has 0 saturated heterocycles. The van der Waals surface area contributed by atoms with Gasteiger partial charge in [0.25, 0.3) is 0 Å². The average molecular weight is 352 g/mol. The molecule has 0 spiro atoms. The molecule has 5 aromatic rings. The molecule has 0 unspecified atom stereocenters. The van der Waals surface area contributed by atoms with Gasteiger partial charge in [-0.2, -0.15) is 0 Å². The molecule has 4 heteroatoms. The first-order valence-corrected chi connectivity index (χ1v) is 9.26. The van der Waals surface area contributed by atoms with Crippen LogP contribution in [0.3, 0.4) is 0 Å². The van der Waals surface area contributed by atoms with Crippen LogP contribution in [0.25, 0.3) is 44.4 Å². The van der Waals surface area contributed by atoms with Crippen molar-refractivity contribution in [2.75, 3.05) is 0 Å². The van der Waals surface area contributed by atoms with E-state index in [0.717, 1.165) is 50.1 Å². The number of nitrogens with zero attached hydrogens (tertiary/aromatic N) is 4. The fourth-order valence-electron chi connectivity index (χ4n) is 3.74. The second kappa shape index (κ2) is 5.88. The summed E-state index contributed by atoms with van der Waals surface area (Å²) in [7, 11) is 0. The number of rotatable bonds is 2. The van der Waals surface area contributed by atoms with Crippen LogP contribution in [0.5, 0.6) is 0 Å². The Balaban J connectivity index is 1.83. The molecule has 0 aliphatic carbocycles. The highest BCUT2D eigenvalue weighted by Gasteiger charge is 2.16. The quantitative estimate of drug-likeness (QED) is 0.383. The molecule has 0 aliphatic heterocycles. The Labute approximate surface area is 157 Å². The summed E-state index contributed by atoms with van der Waals surface area (Å²) in [5.74, 6) is 0.901. The van der Waals surface area contributed by atoms with Crippen LogP contribution in [0.4, 0.5) is 0 Å². The van der Waals surface area contributed by atoms with Crippen molar-refractivity contribution in [3.05, 3.63) is 66.4 Å². The zero-order chi connectivity index (χ0) is 18.5. The average Bonchev–Trinajstić information content (AvgIpc) is 3.07. The van der Waals surface area contributed by atoms with Crippen LogP contribution >= 0.6 is 0 Å². The van der Waals surface area contributed by atoms with Crippen LogP contribution in [0.1, 0.15) is 25.6 Å². The number of aryl methyl sites for hydroxylation is 1. The molecule has 0 amide bonds. The number of fused-ring (bicyclic) bond motifs is 4. The van der Waals surface area contributed by atoms with Crippen molar-refractivity contribution >= 4 is 32.8 Å². The van der Waals surface area contributed by atoms with E-state index in [-0.39, 0.29) is 6.04 Å². The number of para-hydroxylation sites is 2. The molecule has 3 aromatic heterocycles.